The molecule has 1 fully saturated rings. The molecule has 0 amide bonds. The fraction of sp³-hybridized carbons (Fsp3) is 0.367. The second-order valence-electron chi connectivity index (χ2n) is 8.95. The molecule has 3 nitrogen and oxygen atoms in total. The van der Waals surface area contributed by atoms with Crippen molar-refractivity contribution in [2.45, 2.75) is 44.4 Å². The van der Waals surface area contributed by atoms with Gasteiger partial charge >= 0.3 is 0 Å². The zero-order chi connectivity index (χ0) is 22.9. The molecule has 172 valence electrons. The average Bonchev–Trinajstić information content (AvgIpc) is 2.89. The van der Waals surface area contributed by atoms with Crippen molar-refractivity contribution in [2.24, 2.45) is 0 Å². The first-order valence-corrected chi connectivity index (χ1v) is 12.4. The van der Waals surface area contributed by atoms with Crippen LogP contribution in [0.5, 0.6) is 5.75 Å². The number of hydrogen-bond donors (Lipinski definition) is 0. The third-order valence-corrected chi connectivity index (χ3v) is 6.77. The lowest BCUT2D eigenvalue weighted by Gasteiger charge is -2.27. The highest BCUT2D eigenvalue weighted by Crippen LogP contribution is 2.38. The lowest BCUT2D eigenvalue weighted by Crippen LogP contribution is -2.33. The molecule has 1 heterocycles. The normalized spacial score (nSPS) is 16.2. The van der Waals surface area contributed by atoms with E-state index in [1.807, 2.05) is 48.5 Å². The number of ketones is 1. The topological polar surface area (TPSA) is 29.5 Å². The maximum Gasteiger partial charge on any atom is 0.170 e. The SMILES string of the molecule is CCC(c1ccccc1)C(C(=O)c1ccc(OCCN2CCCCC2)cc1)c1ccccc1. The molecule has 0 bridgehead atoms. The minimum atomic E-state index is -0.218. The number of carbonyl (C=O) groups excluding carboxylic acids is 1. The highest BCUT2D eigenvalue weighted by atomic mass is 16.5. The molecule has 1 aliphatic rings. The molecule has 1 saturated heterocycles. The Kier molecular flexibility index (Phi) is 8.32. The van der Waals surface area contributed by atoms with Gasteiger partial charge < -0.3 is 4.74 Å². The number of Topliss-reactive ketones (excluding diaryl/α,β-unsaturated/α-hetero) is 1. The molecule has 3 aromatic carbocycles. The van der Waals surface area contributed by atoms with Gasteiger partial charge in [-0.3, -0.25) is 9.69 Å². The fourth-order valence-electron chi connectivity index (χ4n) is 4.96. The van der Waals surface area contributed by atoms with Gasteiger partial charge in [0.1, 0.15) is 12.4 Å². The second kappa shape index (κ2) is 11.8. The van der Waals surface area contributed by atoms with E-state index < -0.39 is 0 Å². The summed E-state index contributed by atoms with van der Waals surface area (Å²) >= 11 is 0. The van der Waals surface area contributed by atoms with E-state index in [2.05, 4.69) is 48.2 Å². The Bertz CT molecular complexity index is 979. The molecular formula is C30H35NO2. The van der Waals surface area contributed by atoms with Crippen molar-refractivity contribution < 1.29 is 9.53 Å². The Morgan fingerprint density at radius 2 is 1.42 bits per heavy atom. The number of carbonyl (C=O) groups is 1. The van der Waals surface area contributed by atoms with Crippen molar-refractivity contribution in [3.63, 3.8) is 0 Å². The molecule has 2 unspecified atom stereocenters. The van der Waals surface area contributed by atoms with Crippen LogP contribution in [0.2, 0.25) is 0 Å². The predicted octanol–water partition coefficient (Wildman–Crippen LogP) is 6.71. The van der Waals surface area contributed by atoms with E-state index in [9.17, 15) is 4.79 Å². The monoisotopic (exact) mass is 441 g/mol. The maximum absolute atomic E-state index is 13.8. The van der Waals surface area contributed by atoms with E-state index in [-0.39, 0.29) is 17.6 Å². The summed E-state index contributed by atoms with van der Waals surface area (Å²) < 4.78 is 5.97. The average molecular weight is 442 g/mol. The molecule has 0 aromatic heterocycles. The van der Waals surface area contributed by atoms with Crippen LogP contribution >= 0.6 is 0 Å². The van der Waals surface area contributed by atoms with E-state index in [1.54, 1.807) is 0 Å². The molecule has 3 aromatic rings. The smallest absolute Gasteiger partial charge is 0.170 e. The van der Waals surface area contributed by atoms with Crippen LogP contribution in [0.25, 0.3) is 0 Å². The Balaban J connectivity index is 1.49. The number of benzene rings is 3. The Morgan fingerprint density at radius 3 is 2.03 bits per heavy atom. The van der Waals surface area contributed by atoms with Crippen molar-refractivity contribution in [3.05, 3.63) is 102 Å². The van der Waals surface area contributed by atoms with E-state index in [4.69, 9.17) is 4.74 Å². The second-order valence-corrected chi connectivity index (χ2v) is 8.95. The van der Waals surface area contributed by atoms with Gasteiger partial charge in [-0.15, -0.1) is 0 Å². The summed E-state index contributed by atoms with van der Waals surface area (Å²) in [5, 5.41) is 0. The summed E-state index contributed by atoms with van der Waals surface area (Å²) in [6, 6.07) is 28.3. The van der Waals surface area contributed by atoms with Crippen LogP contribution in [0, 0.1) is 0 Å². The number of piperidine rings is 1. The molecule has 4 rings (SSSR count). The van der Waals surface area contributed by atoms with Gasteiger partial charge in [-0.25, -0.2) is 0 Å². The molecule has 0 saturated carbocycles. The lowest BCUT2D eigenvalue weighted by atomic mass is 9.76. The third-order valence-electron chi connectivity index (χ3n) is 6.77. The quantitative estimate of drug-likeness (QED) is 0.327. The minimum absolute atomic E-state index is 0.126. The molecule has 2 atom stereocenters. The first-order valence-electron chi connectivity index (χ1n) is 12.4. The van der Waals surface area contributed by atoms with Crippen molar-refractivity contribution in [2.75, 3.05) is 26.2 Å². The van der Waals surface area contributed by atoms with E-state index in [0.717, 1.165) is 29.8 Å². The number of nitrogens with zero attached hydrogens (tertiary/aromatic N) is 1. The van der Waals surface area contributed by atoms with Crippen molar-refractivity contribution in [1.29, 1.82) is 0 Å². The largest absolute Gasteiger partial charge is 0.492 e. The van der Waals surface area contributed by atoms with Crippen molar-refractivity contribution >= 4 is 5.78 Å². The van der Waals surface area contributed by atoms with Gasteiger partial charge in [-0.2, -0.15) is 0 Å². The van der Waals surface area contributed by atoms with E-state index in [1.165, 1.54) is 37.9 Å². The van der Waals surface area contributed by atoms with Crippen molar-refractivity contribution in [1.82, 2.24) is 4.90 Å². The number of likely N-dealkylation sites (tertiary alicyclic amines) is 1. The van der Waals surface area contributed by atoms with Crippen molar-refractivity contribution in [3.8, 4) is 5.75 Å². The van der Waals surface area contributed by atoms with Gasteiger partial charge in [0.2, 0.25) is 0 Å². The molecule has 0 radical (unpaired) electrons. The zero-order valence-electron chi connectivity index (χ0n) is 19.7. The van der Waals surface area contributed by atoms with Gasteiger partial charge in [0, 0.05) is 12.1 Å². The number of rotatable bonds is 10. The summed E-state index contributed by atoms with van der Waals surface area (Å²) in [5.41, 5.74) is 3.02. The number of ether oxygens (including phenoxy) is 1. The van der Waals surface area contributed by atoms with Crippen LogP contribution in [0.1, 0.15) is 65.9 Å². The van der Waals surface area contributed by atoms with Gasteiger partial charge in [0.25, 0.3) is 0 Å². The minimum Gasteiger partial charge on any atom is -0.492 e. The van der Waals surface area contributed by atoms with Crippen LogP contribution in [0.15, 0.2) is 84.9 Å². The van der Waals surface area contributed by atoms with Gasteiger partial charge in [0.15, 0.2) is 5.78 Å². The van der Waals surface area contributed by atoms with Gasteiger partial charge in [-0.1, -0.05) is 74.0 Å². The summed E-state index contributed by atoms with van der Waals surface area (Å²) in [6.45, 7) is 6.17. The highest BCUT2D eigenvalue weighted by molar-refractivity contribution is 6.01. The Labute approximate surface area is 198 Å². The first kappa shape index (κ1) is 23.3. The summed E-state index contributed by atoms with van der Waals surface area (Å²) in [6.07, 6.45) is 4.83. The molecule has 1 aliphatic heterocycles. The fourth-order valence-corrected chi connectivity index (χ4v) is 4.96. The van der Waals surface area contributed by atoms with Gasteiger partial charge in [0.05, 0.1) is 5.92 Å². The van der Waals surface area contributed by atoms with E-state index >= 15 is 0 Å². The molecule has 33 heavy (non-hydrogen) atoms. The van der Waals surface area contributed by atoms with Crippen LogP contribution in [0.3, 0.4) is 0 Å². The Morgan fingerprint density at radius 1 is 0.818 bits per heavy atom. The summed E-state index contributed by atoms with van der Waals surface area (Å²) in [4.78, 5) is 16.3. The van der Waals surface area contributed by atoms with Crippen LogP contribution in [-0.4, -0.2) is 36.9 Å². The Hall–Kier alpha value is -2.91. The zero-order valence-corrected chi connectivity index (χ0v) is 19.7. The molecule has 0 N–H and O–H groups in total. The third kappa shape index (κ3) is 6.11. The molecule has 3 heteroatoms. The van der Waals surface area contributed by atoms with Crippen LogP contribution in [-0.2, 0) is 0 Å². The standard InChI is InChI=1S/C30H35NO2/c1-2-28(24-12-6-3-7-13-24)29(25-14-8-4-9-15-25)30(32)26-16-18-27(19-17-26)33-23-22-31-20-10-5-11-21-31/h3-4,6-9,12-19,28-29H,2,5,10-11,20-23H2,1H3. The lowest BCUT2D eigenvalue weighted by molar-refractivity contribution is 0.0945. The maximum atomic E-state index is 13.8. The first-order chi connectivity index (χ1) is 16.3. The van der Waals surface area contributed by atoms with E-state index in [0.29, 0.717) is 6.61 Å². The van der Waals surface area contributed by atoms with Gasteiger partial charge in [-0.05, 0) is 73.7 Å². The predicted molar refractivity (Wildman–Crippen MR) is 135 cm³/mol. The summed E-state index contributed by atoms with van der Waals surface area (Å²) in [7, 11) is 0. The molecular weight excluding hydrogens is 406 g/mol. The molecule has 0 spiro atoms. The summed E-state index contributed by atoms with van der Waals surface area (Å²) in [5.74, 6) is 0.901. The number of hydrogen-bond acceptors (Lipinski definition) is 3. The van der Waals surface area contributed by atoms with Crippen LogP contribution in [0.4, 0.5) is 0 Å². The van der Waals surface area contributed by atoms with Crippen LogP contribution < -0.4 is 4.74 Å². The highest BCUT2D eigenvalue weighted by Gasteiger charge is 2.30. The molecule has 0 aliphatic carbocycles.